The number of benzene rings is 1. The first-order valence-electron chi connectivity index (χ1n) is 6.92. The molecule has 1 aliphatic rings. The number of amides is 2. The Kier molecular flexibility index (Phi) is 4.73. The zero-order valence-corrected chi connectivity index (χ0v) is 13.2. The number of nitrogens with one attached hydrogen (secondary N) is 1. The number of piperazine rings is 1. The predicted octanol–water partition coefficient (Wildman–Crippen LogP) is 2.29. The Morgan fingerprint density at radius 2 is 2.14 bits per heavy atom. The third-order valence-electron chi connectivity index (χ3n) is 3.53. The summed E-state index contributed by atoms with van der Waals surface area (Å²) in [5.41, 5.74) is 1.42. The second kappa shape index (κ2) is 6.35. The summed E-state index contributed by atoms with van der Waals surface area (Å²) in [7, 11) is 1.52. The van der Waals surface area contributed by atoms with E-state index in [1.807, 2.05) is 13.8 Å². The minimum Gasteiger partial charge on any atom is -0.495 e. The second-order valence-electron chi connectivity index (χ2n) is 5.11. The van der Waals surface area contributed by atoms with Crippen LogP contribution in [0.3, 0.4) is 0 Å². The van der Waals surface area contributed by atoms with Gasteiger partial charge in [0.05, 0.1) is 12.8 Å². The van der Waals surface area contributed by atoms with Crippen molar-refractivity contribution in [2.45, 2.75) is 32.7 Å². The molecule has 5 nitrogen and oxygen atoms in total. The van der Waals surface area contributed by atoms with Crippen molar-refractivity contribution in [2.24, 2.45) is 0 Å². The molecule has 1 heterocycles. The average molecular weight is 311 g/mol. The minimum absolute atomic E-state index is 0.00349. The van der Waals surface area contributed by atoms with E-state index >= 15 is 0 Å². The number of aryl methyl sites for hydroxylation is 1. The fraction of sp³-hybridized carbons (Fsp3) is 0.467. The lowest BCUT2D eigenvalue weighted by Crippen LogP contribution is -2.58. The van der Waals surface area contributed by atoms with Gasteiger partial charge in [0, 0.05) is 11.1 Å². The van der Waals surface area contributed by atoms with Gasteiger partial charge >= 0.3 is 0 Å². The van der Waals surface area contributed by atoms with Crippen molar-refractivity contribution in [1.29, 1.82) is 0 Å². The fourth-order valence-corrected chi connectivity index (χ4v) is 2.58. The molecule has 1 N–H and O–H groups in total. The number of carbonyl (C=O) groups is 2. The van der Waals surface area contributed by atoms with Gasteiger partial charge in [-0.05, 0) is 25.0 Å². The molecule has 0 bridgehead atoms. The highest BCUT2D eigenvalue weighted by Gasteiger charge is 2.34. The normalized spacial score (nSPS) is 18.7. The molecule has 2 rings (SSSR count). The number of hydrogen-bond acceptors (Lipinski definition) is 3. The highest BCUT2D eigenvalue weighted by atomic mass is 35.5. The van der Waals surface area contributed by atoms with Crippen LogP contribution in [0.25, 0.3) is 0 Å². The van der Waals surface area contributed by atoms with Crippen LogP contribution in [0, 0.1) is 6.92 Å². The molecule has 2 amide bonds. The van der Waals surface area contributed by atoms with E-state index in [1.165, 1.54) is 12.0 Å². The molecular formula is C15H19ClN2O3. The summed E-state index contributed by atoms with van der Waals surface area (Å²) in [6.45, 7) is 3.82. The van der Waals surface area contributed by atoms with Crippen molar-refractivity contribution < 1.29 is 14.3 Å². The number of carbonyl (C=O) groups excluding carboxylic acids is 2. The highest BCUT2D eigenvalue weighted by Crippen LogP contribution is 2.34. The number of ether oxygens (including phenoxy) is 1. The number of nitrogens with zero attached hydrogens (tertiary/aromatic N) is 1. The van der Waals surface area contributed by atoms with Crippen LogP contribution in [0.5, 0.6) is 5.75 Å². The van der Waals surface area contributed by atoms with Gasteiger partial charge in [-0.3, -0.25) is 14.5 Å². The van der Waals surface area contributed by atoms with Crippen molar-refractivity contribution in [3.8, 4) is 5.75 Å². The van der Waals surface area contributed by atoms with Gasteiger partial charge in [0.1, 0.15) is 18.3 Å². The highest BCUT2D eigenvalue weighted by molar-refractivity contribution is 6.31. The van der Waals surface area contributed by atoms with Crippen LogP contribution in [-0.4, -0.2) is 31.5 Å². The molecule has 21 heavy (non-hydrogen) atoms. The van der Waals surface area contributed by atoms with E-state index in [2.05, 4.69) is 5.32 Å². The minimum atomic E-state index is -0.475. The Labute approximate surface area is 129 Å². The zero-order valence-electron chi connectivity index (χ0n) is 12.4. The number of halogens is 1. The molecule has 1 aliphatic heterocycles. The van der Waals surface area contributed by atoms with Crippen LogP contribution in [0.1, 0.15) is 25.3 Å². The van der Waals surface area contributed by atoms with Crippen LogP contribution < -0.4 is 15.0 Å². The molecule has 6 heteroatoms. The lowest BCUT2D eigenvalue weighted by atomic mass is 10.1. The molecule has 0 saturated carbocycles. The average Bonchev–Trinajstić information content (AvgIpc) is 2.45. The molecular weight excluding hydrogens is 292 g/mol. The second-order valence-corrected chi connectivity index (χ2v) is 5.51. The Morgan fingerprint density at radius 1 is 1.43 bits per heavy atom. The lowest BCUT2D eigenvalue weighted by Gasteiger charge is -2.33. The van der Waals surface area contributed by atoms with Gasteiger partial charge in [0.15, 0.2) is 0 Å². The van der Waals surface area contributed by atoms with Crippen molar-refractivity contribution in [2.75, 3.05) is 18.6 Å². The molecule has 1 aromatic rings. The SMILES string of the molecule is CCCC1NC(=O)CN(c2cc(C)c(Cl)cc2OC)C1=O. The van der Waals surface area contributed by atoms with Gasteiger partial charge in [-0.15, -0.1) is 0 Å². The van der Waals surface area contributed by atoms with Crippen molar-refractivity contribution in [3.05, 3.63) is 22.7 Å². The van der Waals surface area contributed by atoms with E-state index in [9.17, 15) is 9.59 Å². The molecule has 1 aromatic carbocycles. The molecule has 0 spiro atoms. The van der Waals surface area contributed by atoms with E-state index in [0.29, 0.717) is 22.9 Å². The molecule has 114 valence electrons. The summed E-state index contributed by atoms with van der Waals surface area (Å²) in [6, 6.07) is 2.97. The topological polar surface area (TPSA) is 58.6 Å². The number of methoxy groups -OCH3 is 1. The largest absolute Gasteiger partial charge is 0.495 e. The number of anilines is 1. The molecule has 0 aliphatic carbocycles. The van der Waals surface area contributed by atoms with Crippen LogP contribution >= 0.6 is 11.6 Å². The van der Waals surface area contributed by atoms with E-state index in [4.69, 9.17) is 16.3 Å². The Morgan fingerprint density at radius 3 is 2.76 bits per heavy atom. The van der Waals surface area contributed by atoms with E-state index in [0.717, 1.165) is 12.0 Å². The fourth-order valence-electron chi connectivity index (χ4n) is 2.42. The van der Waals surface area contributed by atoms with Crippen molar-refractivity contribution in [3.63, 3.8) is 0 Å². The summed E-state index contributed by atoms with van der Waals surface area (Å²) in [4.78, 5) is 25.9. The standard InChI is InChI=1S/C15H19ClN2O3/c1-4-5-11-15(20)18(8-14(19)17-11)12-6-9(2)10(16)7-13(12)21-3/h6-7,11H,4-5,8H2,1-3H3,(H,17,19). The van der Waals surface area contributed by atoms with Gasteiger partial charge in [-0.2, -0.15) is 0 Å². The molecule has 1 saturated heterocycles. The third-order valence-corrected chi connectivity index (χ3v) is 3.94. The Balaban J connectivity index is 2.41. The molecule has 1 fully saturated rings. The summed E-state index contributed by atoms with van der Waals surface area (Å²) >= 11 is 6.08. The van der Waals surface area contributed by atoms with E-state index < -0.39 is 6.04 Å². The van der Waals surface area contributed by atoms with Crippen LogP contribution in [-0.2, 0) is 9.59 Å². The first kappa shape index (κ1) is 15.6. The van der Waals surface area contributed by atoms with Gasteiger partial charge in [0.2, 0.25) is 11.8 Å². The van der Waals surface area contributed by atoms with Gasteiger partial charge in [0.25, 0.3) is 0 Å². The number of hydrogen-bond donors (Lipinski definition) is 1. The summed E-state index contributed by atoms with van der Waals surface area (Å²) in [6.07, 6.45) is 1.44. The quantitative estimate of drug-likeness (QED) is 0.928. The summed E-state index contributed by atoms with van der Waals surface area (Å²) < 4.78 is 5.30. The Bertz CT molecular complexity index is 574. The summed E-state index contributed by atoms with van der Waals surface area (Å²) in [5, 5.41) is 3.30. The number of rotatable bonds is 4. The smallest absolute Gasteiger partial charge is 0.250 e. The third kappa shape index (κ3) is 3.13. The van der Waals surface area contributed by atoms with Gasteiger partial charge in [-0.25, -0.2) is 0 Å². The molecule has 0 aromatic heterocycles. The van der Waals surface area contributed by atoms with Crippen LogP contribution in [0.15, 0.2) is 12.1 Å². The first-order valence-corrected chi connectivity index (χ1v) is 7.30. The summed E-state index contributed by atoms with van der Waals surface area (Å²) in [5.74, 6) is 0.211. The maximum atomic E-state index is 12.5. The molecule has 0 radical (unpaired) electrons. The monoisotopic (exact) mass is 310 g/mol. The van der Waals surface area contributed by atoms with Crippen LogP contribution in [0.4, 0.5) is 5.69 Å². The van der Waals surface area contributed by atoms with Gasteiger partial charge < -0.3 is 10.1 Å². The molecule has 1 atom stereocenters. The molecule has 1 unspecified atom stereocenters. The maximum Gasteiger partial charge on any atom is 0.250 e. The van der Waals surface area contributed by atoms with E-state index in [1.54, 1.807) is 12.1 Å². The maximum absolute atomic E-state index is 12.5. The first-order chi connectivity index (χ1) is 9.97. The predicted molar refractivity (Wildman–Crippen MR) is 81.9 cm³/mol. The van der Waals surface area contributed by atoms with E-state index in [-0.39, 0.29) is 18.4 Å². The van der Waals surface area contributed by atoms with Crippen molar-refractivity contribution in [1.82, 2.24) is 5.32 Å². The zero-order chi connectivity index (χ0) is 15.6. The lowest BCUT2D eigenvalue weighted by molar-refractivity contribution is -0.131. The Hall–Kier alpha value is -1.75. The van der Waals surface area contributed by atoms with Gasteiger partial charge in [-0.1, -0.05) is 24.9 Å². The van der Waals surface area contributed by atoms with Crippen molar-refractivity contribution >= 4 is 29.1 Å². The van der Waals surface area contributed by atoms with Crippen LogP contribution in [0.2, 0.25) is 5.02 Å².